The summed E-state index contributed by atoms with van der Waals surface area (Å²) in [6.45, 7) is 0.434. The van der Waals surface area contributed by atoms with E-state index in [0.29, 0.717) is 18.0 Å². The number of benzene rings is 1. The Balaban J connectivity index is 1.90. The molecular weight excluding hydrogens is 280 g/mol. The van der Waals surface area contributed by atoms with Gasteiger partial charge in [0.1, 0.15) is 6.54 Å². The van der Waals surface area contributed by atoms with Crippen LogP contribution in [0.15, 0.2) is 24.3 Å². The Bertz CT molecular complexity index is 623. The summed E-state index contributed by atoms with van der Waals surface area (Å²) in [5, 5.41) is 2.68. The van der Waals surface area contributed by atoms with Crippen LogP contribution < -0.4 is 9.62 Å². The summed E-state index contributed by atoms with van der Waals surface area (Å²) in [5.74, 6) is -0.395. The average molecular weight is 296 g/mol. The van der Waals surface area contributed by atoms with Gasteiger partial charge < -0.3 is 10.1 Å². The Morgan fingerprint density at radius 2 is 2.15 bits per heavy atom. The van der Waals surface area contributed by atoms with Gasteiger partial charge in [-0.15, -0.1) is 0 Å². The standard InChI is InChI=1S/C13H16N2O4S/c16-13-8-15(12-6-2-1-5-11(12)14-13)20(17,18)9-10-4-3-7-19-10/h1-2,5-6,10H,3-4,7-9H2,(H,14,16). The van der Waals surface area contributed by atoms with Crippen LogP contribution in [0, 0.1) is 0 Å². The van der Waals surface area contributed by atoms with Crippen molar-refractivity contribution in [2.45, 2.75) is 18.9 Å². The number of ether oxygens (including phenoxy) is 1. The number of hydrogen-bond acceptors (Lipinski definition) is 4. The highest BCUT2D eigenvalue weighted by Gasteiger charge is 2.33. The lowest BCUT2D eigenvalue weighted by molar-refractivity contribution is -0.115. The van der Waals surface area contributed by atoms with Gasteiger partial charge in [-0.1, -0.05) is 12.1 Å². The van der Waals surface area contributed by atoms with Crippen molar-refractivity contribution in [1.82, 2.24) is 0 Å². The largest absolute Gasteiger partial charge is 0.377 e. The Morgan fingerprint density at radius 3 is 2.90 bits per heavy atom. The molecule has 1 N–H and O–H groups in total. The molecule has 6 nitrogen and oxygen atoms in total. The molecule has 7 heteroatoms. The molecule has 0 bridgehead atoms. The number of rotatable bonds is 3. The highest BCUT2D eigenvalue weighted by Crippen LogP contribution is 2.31. The number of anilines is 2. The van der Waals surface area contributed by atoms with Crippen molar-refractivity contribution in [1.29, 1.82) is 0 Å². The zero-order valence-corrected chi connectivity index (χ0v) is 11.7. The number of fused-ring (bicyclic) bond motifs is 1. The number of nitrogens with zero attached hydrogens (tertiary/aromatic N) is 1. The number of nitrogens with one attached hydrogen (secondary N) is 1. The minimum Gasteiger partial charge on any atom is -0.377 e. The number of sulfonamides is 1. The van der Waals surface area contributed by atoms with Crippen molar-refractivity contribution in [2.24, 2.45) is 0 Å². The molecule has 0 saturated carbocycles. The summed E-state index contributed by atoms with van der Waals surface area (Å²) >= 11 is 0. The molecule has 1 unspecified atom stereocenters. The van der Waals surface area contributed by atoms with E-state index in [1.165, 1.54) is 4.31 Å². The molecule has 0 aliphatic carbocycles. The van der Waals surface area contributed by atoms with Gasteiger partial charge in [-0.25, -0.2) is 8.42 Å². The predicted octanol–water partition coefficient (Wildman–Crippen LogP) is 0.954. The van der Waals surface area contributed by atoms with E-state index in [2.05, 4.69) is 5.32 Å². The first-order chi connectivity index (χ1) is 9.56. The highest BCUT2D eigenvalue weighted by atomic mass is 32.2. The molecule has 0 spiro atoms. The zero-order chi connectivity index (χ0) is 14.2. The molecule has 20 heavy (non-hydrogen) atoms. The molecule has 1 fully saturated rings. The molecule has 3 rings (SSSR count). The summed E-state index contributed by atoms with van der Waals surface area (Å²) in [6.07, 6.45) is 1.37. The van der Waals surface area contributed by atoms with E-state index >= 15 is 0 Å². The van der Waals surface area contributed by atoms with Gasteiger partial charge in [-0.3, -0.25) is 9.10 Å². The SMILES string of the molecule is O=C1CN(S(=O)(=O)CC2CCCO2)c2ccccc2N1. The fourth-order valence-electron chi connectivity index (χ4n) is 2.55. The predicted molar refractivity (Wildman–Crippen MR) is 75.2 cm³/mol. The van der Waals surface area contributed by atoms with E-state index < -0.39 is 10.0 Å². The number of hydrogen-bond donors (Lipinski definition) is 1. The number of amides is 1. The Morgan fingerprint density at radius 1 is 1.35 bits per heavy atom. The summed E-state index contributed by atoms with van der Waals surface area (Å²) in [5.41, 5.74) is 1.05. The molecule has 0 radical (unpaired) electrons. The minimum absolute atomic E-state index is 0.0748. The molecule has 2 aliphatic rings. The summed E-state index contributed by atoms with van der Waals surface area (Å²) in [4.78, 5) is 11.7. The van der Waals surface area contributed by atoms with Crippen molar-refractivity contribution in [3.8, 4) is 0 Å². The highest BCUT2D eigenvalue weighted by molar-refractivity contribution is 7.92. The Kier molecular flexibility index (Phi) is 3.39. The van der Waals surface area contributed by atoms with E-state index in [1.54, 1.807) is 24.3 Å². The molecule has 108 valence electrons. The third-order valence-corrected chi connectivity index (χ3v) is 5.28. The van der Waals surface area contributed by atoms with Gasteiger partial charge in [0.05, 0.1) is 23.2 Å². The Labute approximate surface area is 117 Å². The molecule has 1 amide bonds. The molecular formula is C13H16N2O4S. The molecule has 2 aliphatic heterocycles. The van der Waals surface area contributed by atoms with Crippen LogP contribution in [0.2, 0.25) is 0 Å². The third-order valence-electron chi connectivity index (χ3n) is 3.49. The van der Waals surface area contributed by atoms with E-state index in [1.807, 2.05) is 0 Å². The van der Waals surface area contributed by atoms with Crippen molar-refractivity contribution in [2.75, 3.05) is 28.5 Å². The van der Waals surface area contributed by atoms with Gasteiger partial charge in [0.15, 0.2) is 0 Å². The zero-order valence-electron chi connectivity index (χ0n) is 10.9. The first-order valence-corrected chi connectivity index (χ1v) is 8.18. The van der Waals surface area contributed by atoms with E-state index in [0.717, 1.165) is 12.8 Å². The topological polar surface area (TPSA) is 75.7 Å². The maximum atomic E-state index is 12.5. The maximum absolute atomic E-state index is 12.5. The van der Waals surface area contributed by atoms with E-state index in [9.17, 15) is 13.2 Å². The van der Waals surface area contributed by atoms with Crippen molar-refractivity contribution in [3.05, 3.63) is 24.3 Å². The van der Waals surface area contributed by atoms with Gasteiger partial charge in [0.25, 0.3) is 0 Å². The first-order valence-electron chi connectivity index (χ1n) is 6.57. The lowest BCUT2D eigenvalue weighted by Crippen LogP contribution is -2.44. The van der Waals surface area contributed by atoms with Crippen molar-refractivity contribution >= 4 is 27.3 Å². The van der Waals surface area contributed by atoms with Gasteiger partial charge in [-0.05, 0) is 25.0 Å². The molecule has 1 aromatic carbocycles. The van der Waals surface area contributed by atoms with Crippen LogP contribution in [0.4, 0.5) is 11.4 Å². The van der Waals surface area contributed by atoms with Crippen LogP contribution in [0.3, 0.4) is 0 Å². The lowest BCUT2D eigenvalue weighted by atomic mass is 10.2. The molecule has 2 heterocycles. The molecule has 1 atom stereocenters. The normalized spacial score (nSPS) is 22.5. The van der Waals surface area contributed by atoms with Crippen molar-refractivity contribution < 1.29 is 17.9 Å². The number of carbonyl (C=O) groups excluding carboxylic acids is 1. The van der Waals surface area contributed by atoms with Crippen molar-refractivity contribution in [3.63, 3.8) is 0 Å². The van der Waals surface area contributed by atoms with Gasteiger partial charge in [0.2, 0.25) is 15.9 Å². The lowest BCUT2D eigenvalue weighted by Gasteiger charge is -2.30. The number of para-hydroxylation sites is 2. The fraction of sp³-hybridized carbons (Fsp3) is 0.462. The molecule has 1 saturated heterocycles. The summed E-state index contributed by atoms with van der Waals surface area (Å²) < 4.78 is 31.6. The minimum atomic E-state index is -3.57. The van der Waals surface area contributed by atoms with Crippen LogP contribution in [-0.4, -0.2) is 39.3 Å². The van der Waals surface area contributed by atoms with Crippen LogP contribution in [0.1, 0.15) is 12.8 Å². The summed E-state index contributed by atoms with van der Waals surface area (Å²) in [7, 11) is -3.57. The van der Waals surface area contributed by atoms with Crippen LogP contribution in [0.25, 0.3) is 0 Å². The second-order valence-electron chi connectivity index (χ2n) is 4.99. The van der Waals surface area contributed by atoms with Crippen LogP contribution in [-0.2, 0) is 19.6 Å². The van der Waals surface area contributed by atoms with Crippen LogP contribution in [0.5, 0.6) is 0 Å². The van der Waals surface area contributed by atoms with Gasteiger partial charge in [0, 0.05) is 6.61 Å². The van der Waals surface area contributed by atoms with E-state index in [-0.39, 0.29) is 24.3 Å². The second-order valence-corrected chi connectivity index (χ2v) is 6.92. The third kappa shape index (κ3) is 2.51. The average Bonchev–Trinajstić information content (AvgIpc) is 2.89. The van der Waals surface area contributed by atoms with E-state index in [4.69, 9.17) is 4.74 Å². The summed E-state index contributed by atoms with van der Waals surface area (Å²) in [6, 6.07) is 6.91. The molecule has 1 aromatic rings. The van der Waals surface area contributed by atoms with Crippen LogP contribution >= 0.6 is 0 Å². The van der Waals surface area contributed by atoms with Gasteiger partial charge in [-0.2, -0.15) is 0 Å². The smallest absolute Gasteiger partial charge is 0.245 e. The molecule has 0 aromatic heterocycles. The number of carbonyl (C=O) groups is 1. The first kappa shape index (κ1) is 13.4. The maximum Gasteiger partial charge on any atom is 0.245 e. The fourth-order valence-corrected chi connectivity index (χ4v) is 4.24. The monoisotopic (exact) mass is 296 g/mol. The van der Waals surface area contributed by atoms with Gasteiger partial charge >= 0.3 is 0 Å². The Hall–Kier alpha value is -1.60. The second kappa shape index (κ2) is 5.06. The quantitative estimate of drug-likeness (QED) is 0.901.